The highest BCUT2D eigenvalue weighted by atomic mass is 16.4. The maximum atomic E-state index is 12.9. The van der Waals surface area contributed by atoms with Gasteiger partial charge in [-0.05, 0) is 30.7 Å². The number of fused-ring (bicyclic) bond motifs is 2. The summed E-state index contributed by atoms with van der Waals surface area (Å²) in [6, 6.07) is 7.49. The van der Waals surface area contributed by atoms with Crippen LogP contribution >= 0.6 is 0 Å². The Morgan fingerprint density at radius 1 is 1.27 bits per heavy atom. The van der Waals surface area contributed by atoms with Crippen molar-refractivity contribution >= 4 is 22.9 Å². The van der Waals surface area contributed by atoms with Crippen molar-refractivity contribution in [3.05, 3.63) is 47.5 Å². The van der Waals surface area contributed by atoms with E-state index >= 15 is 0 Å². The number of rotatable bonds is 4. The summed E-state index contributed by atoms with van der Waals surface area (Å²) in [6.45, 7) is 1.83. The van der Waals surface area contributed by atoms with Crippen molar-refractivity contribution < 1.29 is 14.7 Å². The molecule has 3 aromatic rings. The van der Waals surface area contributed by atoms with Crippen LogP contribution in [0.25, 0.3) is 11.0 Å². The molecule has 1 amide bonds. The van der Waals surface area contributed by atoms with Crippen LogP contribution in [0.4, 0.5) is 0 Å². The lowest BCUT2D eigenvalue weighted by atomic mass is 10.2. The number of carbonyl (C=O) groups excluding carboxylic acids is 1. The number of aliphatic carboxylic acids is 1. The average molecular weight is 353 g/mol. The van der Waals surface area contributed by atoms with E-state index < -0.39 is 5.97 Å². The van der Waals surface area contributed by atoms with E-state index in [2.05, 4.69) is 15.1 Å². The fourth-order valence-corrected chi connectivity index (χ4v) is 3.30. The van der Waals surface area contributed by atoms with Crippen molar-refractivity contribution in [3.8, 4) is 0 Å². The second kappa shape index (κ2) is 6.62. The summed E-state index contributed by atoms with van der Waals surface area (Å²) in [7, 11) is 0. The molecule has 1 aliphatic heterocycles. The van der Waals surface area contributed by atoms with Gasteiger partial charge in [-0.25, -0.2) is 4.98 Å². The number of nitrogens with one attached hydrogen (secondary N) is 1. The van der Waals surface area contributed by atoms with Gasteiger partial charge in [0.05, 0.1) is 24.4 Å². The Morgan fingerprint density at radius 2 is 2.15 bits per heavy atom. The van der Waals surface area contributed by atoms with Crippen molar-refractivity contribution in [1.82, 2.24) is 24.6 Å². The van der Waals surface area contributed by atoms with Gasteiger partial charge in [0.1, 0.15) is 11.3 Å². The first-order chi connectivity index (χ1) is 12.6. The van der Waals surface area contributed by atoms with Crippen LogP contribution in [0, 0.1) is 0 Å². The highest BCUT2D eigenvalue weighted by molar-refractivity contribution is 5.97. The van der Waals surface area contributed by atoms with Crippen LogP contribution in [0.1, 0.15) is 34.7 Å². The van der Waals surface area contributed by atoms with Gasteiger partial charge in [0, 0.05) is 31.1 Å². The maximum Gasteiger partial charge on any atom is 0.303 e. The molecule has 0 aromatic carbocycles. The van der Waals surface area contributed by atoms with Crippen molar-refractivity contribution in [2.45, 2.75) is 32.4 Å². The molecule has 0 saturated carbocycles. The molecule has 26 heavy (non-hydrogen) atoms. The van der Waals surface area contributed by atoms with Crippen LogP contribution < -0.4 is 0 Å². The molecule has 0 radical (unpaired) electrons. The first kappa shape index (κ1) is 16.3. The summed E-state index contributed by atoms with van der Waals surface area (Å²) in [5, 5.41) is 14.2. The van der Waals surface area contributed by atoms with Crippen molar-refractivity contribution in [2.24, 2.45) is 0 Å². The highest BCUT2D eigenvalue weighted by Gasteiger charge is 2.23. The molecule has 4 rings (SSSR count). The molecule has 0 unspecified atom stereocenters. The van der Waals surface area contributed by atoms with E-state index in [4.69, 9.17) is 5.11 Å². The minimum atomic E-state index is -0.836. The number of aromatic amines is 1. The number of nitrogens with zero attached hydrogens (tertiary/aromatic N) is 4. The fourth-order valence-electron chi connectivity index (χ4n) is 3.30. The first-order valence-corrected chi connectivity index (χ1v) is 8.60. The largest absolute Gasteiger partial charge is 0.481 e. The van der Waals surface area contributed by atoms with Gasteiger partial charge < -0.3 is 15.0 Å². The average Bonchev–Trinajstić information content (AvgIpc) is 3.17. The van der Waals surface area contributed by atoms with E-state index in [0.717, 1.165) is 29.7 Å². The minimum absolute atomic E-state index is 0.0567. The van der Waals surface area contributed by atoms with Gasteiger partial charge >= 0.3 is 5.97 Å². The molecule has 1 aliphatic rings. The Labute approximate surface area is 149 Å². The molecule has 8 nitrogen and oxygen atoms in total. The second-order valence-corrected chi connectivity index (χ2v) is 6.45. The number of aromatic nitrogens is 4. The number of carboxylic acids is 1. The Hall–Kier alpha value is -3.16. The molecular weight excluding hydrogens is 334 g/mol. The van der Waals surface area contributed by atoms with Crippen LogP contribution in [-0.2, 0) is 24.3 Å². The Kier molecular flexibility index (Phi) is 4.16. The topological polar surface area (TPSA) is 104 Å². The third-order valence-corrected chi connectivity index (χ3v) is 4.57. The zero-order valence-electron chi connectivity index (χ0n) is 14.2. The van der Waals surface area contributed by atoms with Crippen LogP contribution in [0.3, 0.4) is 0 Å². The van der Waals surface area contributed by atoms with E-state index in [1.54, 1.807) is 11.1 Å². The first-order valence-electron chi connectivity index (χ1n) is 8.60. The van der Waals surface area contributed by atoms with Crippen LogP contribution in [0.2, 0.25) is 0 Å². The number of H-pyrrole nitrogens is 1. The van der Waals surface area contributed by atoms with Crippen LogP contribution in [-0.4, -0.2) is 48.2 Å². The quantitative estimate of drug-likeness (QED) is 0.744. The van der Waals surface area contributed by atoms with Gasteiger partial charge in [-0.3, -0.25) is 14.3 Å². The maximum absolute atomic E-state index is 12.9. The van der Waals surface area contributed by atoms with Crippen molar-refractivity contribution in [1.29, 1.82) is 0 Å². The molecule has 4 heterocycles. The van der Waals surface area contributed by atoms with Gasteiger partial charge in [-0.15, -0.1) is 0 Å². The van der Waals surface area contributed by atoms with Gasteiger partial charge in [-0.2, -0.15) is 5.10 Å². The van der Waals surface area contributed by atoms with Gasteiger partial charge in [0.15, 0.2) is 0 Å². The summed E-state index contributed by atoms with van der Waals surface area (Å²) >= 11 is 0. The zero-order valence-corrected chi connectivity index (χ0v) is 14.2. The van der Waals surface area contributed by atoms with E-state index in [1.165, 1.54) is 0 Å². The molecule has 0 fully saturated rings. The Bertz CT molecular complexity index is 941. The SMILES string of the molecule is O=C(O)CCc1cc2n(n1)CCCN(C(=O)c1cc3cccnc3[nH]1)C2. The normalized spacial score (nSPS) is 14.2. The fraction of sp³-hybridized carbons (Fsp3) is 0.333. The Morgan fingerprint density at radius 3 is 2.96 bits per heavy atom. The lowest BCUT2D eigenvalue weighted by Gasteiger charge is -2.19. The third-order valence-electron chi connectivity index (χ3n) is 4.57. The molecule has 0 aliphatic carbocycles. The summed E-state index contributed by atoms with van der Waals surface area (Å²) in [6.07, 6.45) is 2.95. The number of hydrogen-bond donors (Lipinski definition) is 2. The summed E-state index contributed by atoms with van der Waals surface area (Å²) < 4.78 is 1.89. The molecule has 0 bridgehead atoms. The van der Waals surface area contributed by atoms with Crippen LogP contribution in [0.5, 0.6) is 0 Å². The van der Waals surface area contributed by atoms with Gasteiger partial charge in [-0.1, -0.05) is 0 Å². The number of amides is 1. The minimum Gasteiger partial charge on any atom is -0.481 e. The molecule has 134 valence electrons. The van der Waals surface area contributed by atoms with E-state index in [0.29, 0.717) is 30.9 Å². The number of carboxylic acid groups (broad SMARTS) is 1. The summed E-state index contributed by atoms with van der Waals surface area (Å²) in [5.41, 5.74) is 2.92. The van der Waals surface area contributed by atoms with E-state index in [-0.39, 0.29) is 12.3 Å². The lowest BCUT2D eigenvalue weighted by molar-refractivity contribution is -0.136. The van der Waals surface area contributed by atoms with Gasteiger partial charge in [0.25, 0.3) is 5.91 Å². The molecule has 0 atom stereocenters. The predicted octanol–water partition coefficient (Wildman–Crippen LogP) is 1.82. The summed E-state index contributed by atoms with van der Waals surface area (Å²) in [5.74, 6) is -0.901. The molecule has 3 aromatic heterocycles. The molecule has 2 N–H and O–H groups in total. The zero-order chi connectivity index (χ0) is 18.1. The highest BCUT2D eigenvalue weighted by Crippen LogP contribution is 2.19. The molecule has 8 heteroatoms. The smallest absolute Gasteiger partial charge is 0.303 e. The number of pyridine rings is 1. The predicted molar refractivity (Wildman–Crippen MR) is 93.6 cm³/mol. The van der Waals surface area contributed by atoms with Crippen LogP contribution in [0.15, 0.2) is 30.5 Å². The van der Waals surface area contributed by atoms with Crippen molar-refractivity contribution in [2.75, 3.05) is 6.54 Å². The van der Waals surface area contributed by atoms with Crippen molar-refractivity contribution in [3.63, 3.8) is 0 Å². The Balaban J connectivity index is 1.54. The number of hydrogen-bond acceptors (Lipinski definition) is 4. The number of aryl methyl sites for hydroxylation is 2. The second-order valence-electron chi connectivity index (χ2n) is 6.45. The van der Waals surface area contributed by atoms with E-state index in [1.807, 2.05) is 28.9 Å². The molecule has 0 saturated heterocycles. The lowest BCUT2D eigenvalue weighted by Crippen LogP contribution is -2.30. The standard InChI is InChI=1S/C18H19N5O3/c24-16(25)5-4-13-10-14-11-22(7-2-8-23(14)21-13)18(26)15-9-12-3-1-6-19-17(12)20-15/h1,3,6,9-10H,2,4-5,7-8,11H2,(H,19,20)(H,24,25). The molecule has 0 spiro atoms. The summed E-state index contributed by atoms with van der Waals surface area (Å²) in [4.78, 5) is 32.8. The van der Waals surface area contributed by atoms with E-state index in [9.17, 15) is 9.59 Å². The monoisotopic (exact) mass is 353 g/mol. The third kappa shape index (κ3) is 3.17. The number of carbonyl (C=O) groups is 2. The molecular formula is C18H19N5O3. The van der Waals surface area contributed by atoms with Gasteiger partial charge in [0.2, 0.25) is 0 Å².